The Morgan fingerprint density at radius 3 is 2.43 bits per heavy atom. The highest BCUT2D eigenvalue weighted by atomic mass is 35.5. The van der Waals surface area contributed by atoms with Gasteiger partial charge in [0.15, 0.2) is 0 Å². The number of halogens is 1. The maximum atomic E-state index is 14.7. The summed E-state index contributed by atoms with van der Waals surface area (Å²) in [5.74, 6) is -2.21. The number of H-pyrrole nitrogens is 1. The number of aromatic nitrogens is 2. The lowest BCUT2D eigenvalue weighted by molar-refractivity contribution is -0.142. The van der Waals surface area contributed by atoms with E-state index in [0.29, 0.717) is 65.7 Å². The summed E-state index contributed by atoms with van der Waals surface area (Å²) in [6.45, 7) is 1.10. The number of carbonyl (C=O) groups excluding carboxylic acids is 3. The maximum absolute atomic E-state index is 14.7. The third kappa shape index (κ3) is 10.1. The summed E-state index contributed by atoms with van der Waals surface area (Å²) in [6, 6.07) is 19.0. The van der Waals surface area contributed by atoms with Crippen molar-refractivity contribution in [1.82, 2.24) is 30.8 Å². The Balaban J connectivity index is 1.48. The molecule has 3 aromatic carbocycles. The number of amides is 3. The number of fused-ring (bicyclic) bond motifs is 3. The predicted molar refractivity (Wildman–Crippen MR) is 226 cm³/mol. The molecule has 0 saturated carbocycles. The Morgan fingerprint density at radius 2 is 1.67 bits per heavy atom. The van der Waals surface area contributed by atoms with E-state index >= 15 is 0 Å². The molecule has 15 heteroatoms. The van der Waals surface area contributed by atoms with Crippen LogP contribution in [0.15, 0.2) is 95.1 Å². The quantitative estimate of drug-likeness (QED) is 0.0862. The number of carbonyl (C=O) groups is 4. The van der Waals surface area contributed by atoms with Gasteiger partial charge in [-0.15, -0.1) is 0 Å². The first-order chi connectivity index (χ1) is 28.1. The number of rotatable bonds is 11. The second-order valence-electron chi connectivity index (χ2n) is 14.3. The molecule has 9 N–H and O–H groups in total. The van der Waals surface area contributed by atoms with Crippen molar-refractivity contribution >= 4 is 58.0 Å². The van der Waals surface area contributed by atoms with Gasteiger partial charge in [0.1, 0.15) is 17.1 Å². The molecule has 0 unspecified atom stereocenters. The molecule has 0 radical (unpaired) electrons. The number of pyridine rings is 1. The molecule has 58 heavy (non-hydrogen) atoms. The highest BCUT2D eigenvalue weighted by Crippen LogP contribution is 2.41. The van der Waals surface area contributed by atoms with Crippen LogP contribution in [0.1, 0.15) is 59.2 Å². The van der Waals surface area contributed by atoms with Crippen molar-refractivity contribution in [3.8, 4) is 11.1 Å². The number of aromatic amines is 1. The first-order valence-electron chi connectivity index (χ1n) is 19.4. The zero-order chi connectivity index (χ0) is 41.2. The minimum absolute atomic E-state index is 0.0163. The van der Waals surface area contributed by atoms with Gasteiger partial charge in [0.25, 0.3) is 0 Å². The molecular formula is C43H49ClN8O5S. The van der Waals surface area contributed by atoms with Crippen LogP contribution >= 0.6 is 23.4 Å². The number of carboxylic acid groups (broad SMARTS) is 1. The van der Waals surface area contributed by atoms with Crippen LogP contribution in [0.25, 0.3) is 22.0 Å². The number of unbranched alkanes of at least 4 members (excludes halogenated alkanes) is 1. The molecule has 0 aliphatic carbocycles. The fraction of sp³-hybridized carbons (Fsp3) is 0.326. The number of nitrogens with zero attached hydrogens (tertiary/aromatic N) is 2. The van der Waals surface area contributed by atoms with Crippen LogP contribution in [0.3, 0.4) is 0 Å². The van der Waals surface area contributed by atoms with Gasteiger partial charge < -0.3 is 42.4 Å². The van der Waals surface area contributed by atoms with Crippen molar-refractivity contribution < 1.29 is 24.3 Å². The summed E-state index contributed by atoms with van der Waals surface area (Å²) in [5.41, 5.74) is 16.5. The lowest BCUT2D eigenvalue weighted by Crippen LogP contribution is -2.57. The summed E-state index contributed by atoms with van der Waals surface area (Å²) in [4.78, 5) is 65.2. The van der Waals surface area contributed by atoms with Crippen molar-refractivity contribution in [2.75, 3.05) is 20.1 Å². The number of nitrogens with one attached hydrogen (secondary N) is 4. The van der Waals surface area contributed by atoms with Crippen LogP contribution < -0.4 is 27.4 Å². The number of nitrogens with two attached hydrogens (primary N) is 2. The Morgan fingerprint density at radius 1 is 0.914 bits per heavy atom. The summed E-state index contributed by atoms with van der Waals surface area (Å²) in [6.07, 6.45) is 6.28. The van der Waals surface area contributed by atoms with E-state index < -0.39 is 35.9 Å². The molecule has 13 nitrogen and oxygen atoms in total. The summed E-state index contributed by atoms with van der Waals surface area (Å²) in [5, 5.41) is 21.1. The molecular weight excluding hydrogens is 776 g/mol. The highest BCUT2D eigenvalue weighted by molar-refractivity contribution is 7.99. The summed E-state index contributed by atoms with van der Waals surface area (Å²) < 4.78 is 0. The monoisotopic (exact) mass is 824 g/mol. The fourth-order valence-corrected chi connectivity index (χ4v) is 8.55. The van der Waals surface area contributed by atoms with Crippen LogP contribution in [0.4, 0.5) is 0 Å². The predicted octanol–water partition coefficient (Wildman–Crippen LogP) is 5.24. The molecule has 3 heterocycles. The number of para-hydroxylation sites is 1. The van der Waals surface area contributed by atoms with Crippen molar-refractivity contribution in [3.05, 3.63) is 112 Å². The van der Waals surface area contributed by atoms with Gasteiger partial charge in [0, 0.05) is 54.8 Å². The van der Waals surface area contributed by atoms with E-state index in [2.05, 4.69) is 20.9 Å². The number of likely N-dealkylation sites (N-methyl/N-ethyl adjacent to an activating group) is 1. The van der Waals surface area contributed by atoms with Crippen LogP contribution in [0.5, 0.6) is 0 Å². The van der Waals surface area contributed by atoms with Gasteiger partial charge >= 0.3 is 5.97 Å². The zero-order valence-corrected chi connectivity index (χ0v) is 33.9. The van der Waals surface area contributed by atoms with Gasteiger partial charge in [-0.2, -0.15) is 0 Å². The molecule has 0 saturated heterocycles. The maximum Gasteiger partial charge on any atom is 0.335 e. The molecule has 0 fully saturated rings. The summed E-state index contributed by atoms with van der Waals surface area (Å²) in [7, 11) is 1.60. The number of carboxylic acids is 1. The van der Waals surface area contributed by atoms with Crippen LogP contribution in [0, 0.1) is 0 Å². The van der Waals surface area contributed by atoms with Crippen LogP contribution in [-0.4, -0.2) is 81.9 Å². The highest BCUT2D eigenvalue weighted by Gasteiger charge is 2.34. The number of hydrogen-bond donors (Lipinski definition) is 7. The second kappa shape index (κ2) is 19.9. The van der Waals surface area contributed by atoms with Gasteiger partial charge in [0.2, 0.25) is 17.7 Å². The molecule has 6 rings (SSSR count). The Labute approximate surface area is 346 Å². The topological polar surface area (TPSA) is 209 Å². The first kappa shape index (κ1) is 42.4. The smallest absolute Gasteiger partial charge is 0.335 e. The normalized spacial score (nSPS) is 18.2. The zero-order valence-electron chi connectivity index (χ0n) is 32.3. The van der Waals surface area contributed by atoms with E-state index in [4.69, 9.17) is 28.1 Å². The van der Waals surface area contributed by atoms with Gasteiger partial charge in [0.05, 0.1) is 16.6 Å². The van der Waals surface area contributed by atoms with E-state index in [1.54, 1.807) is 31.4 Å². The number of hydrogen-bond acceptors (Lipinski definition) is 9. The molecule has 3 atom stereocenters. The van der Waals surface area contributed by atoms with Gasteiger partial charge in [-0.1, -0.05) is 65.8 Å². The minimum Gasteiger partial charge on any atom is -0.478 e. The molecule has 0 bridgehead atoms. The van der Waals surface area contributed by atoms with Crippen molar-refractivity contribution in [3.63, 3.8) is 0 Å². The van der Waals surface area contributed by atoms with E-state index in [9.17, 15) is 24.3 Å². The molecule has 1 aliphatic heterocycles. The van der Waals surface area contributed by atoms with Gasteiger partial charge in [-0.05, 0) is 103 Å². The average Bonchev–Trinajstić information content (AvgIpc) is 3.64. The molecule has 3 amide bonds. The van der Waals surface area contributed by atoms with E-state index in [0.717, 1.165) is 33.2 Å². The third-order valence-electron chi connectivity index (χ3n) is 10.5. The van der Waals surface area contributed by atoms with E-state index in [-0.39, 0.29) is 31.0 Å². The lowest BCUT2D eigenvalue weighted by Gasteiger charge is -2.32. The Bertz CT molecular complexity index is 2250. The summed E-state index contributed by atoms with van der Waals surface area (Å²) >= 11 is 8.33. The van der Waals surface area contributed by atoms with E-state index in [1.165, 1.54) is 28.8 Å². The Kier molecular flexibility index (Phi) is 14.6. The third-order valence-corrected chi connectivity index (χ3v) is 12.1. The second-order valence-corrected chi connectivity index (χ2v) is 15.7. The average molecular weight is 825 g/mol. The molecule has 5 aromatic rings. The van der Waals surface area contributed by atoms with Crippen molar-refractivity contribution in [2.45, 2.75) is 79.7 Å². The molecule has 0 spiro atoms. The molecule has 1 aliphatic rings. The molecule has 304 valence electrons. The van der Waals surface area contributed by atoms with Crippen LogP contribution in [-0.2, 0) is 33.9 Å². The first-order valence-corrected chi connectivity index (χ1v) is 20.6. The van der Waals surface area contributed by atoms with Crippen LogP contribution in [0.2, 0.25) is 5.02 Å². The number of benzene rings is 3. The fourth-order valence-electron chi connectivity index (χ4n) is 7.21. The minimum atomic E-state index is -1.05. The van der Waals surface area contributed by atoms with E-state index in [1.807, 2.05) is 48.7 Å². The van der Waals surface area contributed by atoms with Crippen molar-refractivity contribution in [2.24, 2.45) is 11.5 Å². The lowest BCUT2D eigenvalue weighted by atomic mass is 9.98. The SMILES string of the molecule is CN1C(=O)[C@H](CCCCN)NC(=O)[C@H](CCCN)NCc2cccnc2Sc2c(Cl)ccc(-c3ccc(C(=O)O)cc3)c2CNC(=O)[C@@H]1Cc1c[nH]c2ccccc12. The standard InChI is InChI=1S/C43H49ClN8O5S/c1-52-37(22-29-24-48-34-10-3-2-9-31(29)34)40(54)50-25-32-30(26-13-15-27(16-14-26)43(56)57)17-18-33(44)38(32)58-41-28(8-7-21-47-41)23-49-35(12-6-20-46)39(53)51-36(42(52)55)11-4-5-19-45/h2-3,7-10,13-18,21,24,35-37,48-49H,4-6,11-12,19-20,22-23,25,45-46H2,1H3,(H,50,54)(H,51,53)(H,56,57)/t35-,36-,37-/m0/s1. The van der Waals surface area contributed by atoms with Crippen molar-refractivity contribution in [1.29, 1.82) is 0 Å². The molecule has 2 aromatic heterocycles. The van der Waals surface area contributed by atoms with Gasteiger partial charge in [-0.3, -0.25) is 14.4 Å². The largest absolute Gasteiger partial charge is 0.478 e. The van der Waals surface area contributed by atoms with Gasteiger partial charge in [-0.25, -0.2) is 9.78 Å². The number of aromatic carboxylic acids is 1. The Hall–Kier alpha value is -5.25.